The Morgan fingerprint density at radius 2 is 1.93 bits per heavy atom. The molecule has 0 saturated carbocycles. The molecule has 0 saturated heterocycles. The van der Waals surface area contributed by atoms with E-state index in [1.807, 2.05) is 24.3 Å². The maximum absolute atomic E-state index is 10.9. The minimum atomic E-state index is 0.0424. The minimum absolute atomic E-state index is 0.0424. The van der Waals surface area contributed by atoms with Crippen LogP contribution in [0.25, 0.3) is 0 Å². The highest BCUT2D eigenvalue weighted by Crippen LogP contribution is 2.13. The van der Waals surface area contributed by atoms with Gasteiger partial charge in [-0.1, -0.05) is 18.7 Å². The number of Topliss-reactive ketones (excluding diaryl/α,β-unsaturated/α-hetero) is 1. The molecule has 0 aliphatic heterocycles. The van der Waals surface area contributed by atoms with E-state index in [9.17, 15) is 4.79 Å². The van der Waals surface area contributed by atoms with Gasteiger partial charge in [0.25, 0.3) is 0 Å². The van der Waals surface area contributed by atoms with Gasteiger partial charge >= 0.3 is 0 Å². The van der Waals surface area contributed by atoms with Crippen LogP contribution in [-0.2, 0) is 11.2 Å². The summed E-state index contributed by atoms with van der Waals surface area (Å²) in [7, 11) is 1.63. The number of hydrogen-bond donors (Lipinski definition) is 0. The third-order valence-corrected chi connectivity index (χ3v) is 2.07. The molecule has 0 aliphatic carbocycles. The fraction of sp³-hybridized carbons (Fsp3) is 0.250. The predicted molar refractivity (Wildman–Crippen MR) is 56.5 cm³/mol. The Morgan fingerprint density at radius 3 is 2.36 bits per heavy atom. The second kappa shape index (κ2) is 4.61. The van der Waals surface area contributed by atoms with Gasteiger partial charge in [0.2, 0.25) is 0 Å². The Morgan fingerprint density at radius 1 is 1.36 bits per heavy atom. The molecule has 0 spiro atoms. The van der Waals surface area contributed by atoms with Gasteiger partial charge in [-0.2, -0.15) is 0 Å². The van der Waals surface area contributed by atoms with Crippen LogP contribution >= 0.6 is 0 Å². The van der Waals surface area contributed by atoms with E-state index in [0.717, 1.165) is 11.3 Å². The number of ether oxygens (including phenoxy) is 1. The van der Waals surface area contributed by atoms with E-state index in [0.29, 0.717) is 12.0 Å². The lowest BCUT2D eigenvalue weighted by Crippen LogP contribution is -1.98. The topological polar surface area (TPSA) is 26.3 Å². The van der Waals surface area contributed by atoms with Crippen molar-refractivity contribution in [3.05, 3.63) is 42.0 Å². The fourth-order valence-corrected chi connectivity index (χ4v) is 1.11. The molecular formula is C12H14O2. The third-order valence-electron chi connectivity index (χ3n) is 2.07. The molecule has 1 rings (SSSR count). The number of benzene rings is 1. The first-order valence-electron chi connectivity index (χ1n) is 4.45. The summed E-state index contributed by atoms with van der Waals surface area (Å²) in [6.45, 7) is 5.24. The quantitative estimate of drug-likeness (QED) is 0.681. The first kappa shape index (κ1) is 10.5. The van der Waals surface area contributed by atoms with Gasteiger partial charge in [-0.25, -0.2) is 0 Å². The van der Waals surface area contributed by atoms with E-state index in [4.69, 9.17) is 4.74 Å². The molecule has 74 valence electrons. The summed E-state index contributed by atoms with van der Waals surface area (Å²) in [6.07, 6.45) is 0.610. The smallest absolute Gasteiger partial charge is 0.155 e. The van der Waals surface area contributed by atoms with Crippen LogP contribution in [0.3, 0.4) is 0 Å². The van der Waals surface area contributed by atoms with Gasteiger partial charge in [-0.3, -0.25) is 4.79 Å². The van der Waals surface area contributed by atoms with Crippen LogP contribution in [-0.4, -0.2) is 12.9 Å². The van der Waals surface area contributed by atoms with E-state index < -0.39 is 0 Å². The van der Waals surface area contributed by atoms with Crippen LogP contribution in [0.4, 0.5) is 0 Å². The first-order chi connectivity index (χ1) is 6.63. The molecule has 0 radical (unpaired) electrons. The van der Waals surface area contributed by atoms with Crippen LogP contribution < -0.4 is 4.74 Å². The molecule has 0 aliphatic rings. The number of hydrogen-bond acceptors (Lipinski definition) is 2. The maximum Gasteiger partial charge on any atom is 0.155 e. The highest BCUT2D eigenvalue weighted by molar-refractivity contribution is 5.92. The van der Waals surface area contributed by atoms with Crippen molar-refractivity contribution in [1.82, 2.24) is 0 Å². The van der Waals surface area contributed by atoms with Crippen molar-refractivity contribution in [3.63, 3.8) is 0 Å². The van der Waals surface area contributed by atoms with Gasteiger partial charge in [0.15, 0.2) is 5.78 Å². The van der Waals surface area contributed by atoms with E-state index in [1.165, 1.54) is 6.92 Å². The largest absolute Gasteiger partial charge is 0.497 e. The van der Waals surface area contributed by atoms with E-state index in [-0.39, 0.29) is 5.78 Å². The van der Waals surface area contributed by atoms with E-state index in [2.05, 4.69) is 6.58 Å². The molecule has 2 heteroatoms. The van der Waals surface area contributed by atoms with Crippen LogP contribution in [0, 0.1) is 0 Å². The third kappa shape index (κ3) is 2.73. The Hall–Kier alpha value is -1.57. The standard InChI is InChI=1S/C12H14O2/c1-9(10(2)13)8-11-4-6-12(14-3)7-5-11/h4-7H,1,8H2,2-3H3. The zero-order valence-corrected chi connectivity index (χ0v) is 8.54. The normalized spacial score (nSPS) is 9.57. The second-order valence-electron chi connectivity index (χ2n) is 3.18. The highest BCUT2D eigenvalue weighted by atomic mass is 16.5. The summed E-state index contributed by atoms with van der Waals surface area (Å²) < 4.78 is 5.03. The molecule has 0 unspecified atom stereocenters. The lowest BCUT2D eigenvalue weighted by molar-refractivity contribution is -0.113. The van der Waals surface area contributed by atoms with E-state index in [1.54, 1.807) is 7.11 Å². The Kier molecular flexibility index (Phi) is 3.46. The van der Waals surface area contributed by atoms with Gasteiger partial charge in [-0.15, -0.1) is 0 Å². The zero-order chi connectivity index (χ0) is 10.6. The molecule has 0 aromatic heterocycles. The molecule has 1 aromatic rings. The number of ketones is 1. The summed E-state index contributed by atoms with van der Waals surface area (Å²) in [5.74, 6) is 0.864. The summed E-state index contributed by atoms with van der Waals surface area (Å²) >= 11 is 0. The average Bonchev–Trinajstić information content (AvgIpc) is 2.19. The molecule has 0 N–H and O–H groups in total. The molecule has 0 bridgehead atoms. The Balaban J connectivity index is 2.69. The van der Waals surface area contributed by atoms with Crippen molar-refractivity contribution < 1.29 is 9.53 Å². The van der Waals surface area contributed by atoms with Gasteiger partial charge in [-0.05, 0) is 30.2 Å². The average molecular weight is 190 g/mol. The maximum atomic E-state index is 10.9. The highest BCUT2D eigenvalue weighted by Gasteiger charge is 2.01. The first-order valence-corrected chi connectivity index (χ1v) is 4.45. The number of carbonyl (C=O) groups excluding carboxylic acids is 1. The molecule has 0 amide bonds. The van der Waals surface area contributed by atoms with Crippen molar-refractivity contribution in [2.75, 3.05) is 7.11 Å². The van der Waals surface area contributed by atoms with Crippen molar-refractivity contribution in [1.29, 1.82) is 0 Å². The van der Waals surface area contributed by atoms with Crippen molar-refractivity contribution in [2.24, 2.45) is 0 Å². The number of rotatable bonds is 4. The summed E-state index contributed by atoms with van der Waals surface area (Å²) in [5.41, 5.74) is 1.71. The SMILES string of the molecule is C=C(Cc1ccc(OC)cc1)C(C)=O. The number of methoxy groups -OCH3 is 1. The number of allylic oxidation sites excluding steroid dienone is 1. The van der Waals surface area contributed by atoms with Crippen LogP contribution in [0.2, 0.25) is 0 Å². The molecule has 0 atom stereocenters. The molecule has 14 heavy (non-hydrogen) atoms. The van der Waals surface area contributed by atoms with E-state index >= 15 is 0 Å². The van der Waals surface area contributed by atoms with Gasteiger partial charge in [0.05, 0.1) is 7.11 Å². The molecule has 0 heterocycles. The fourth-order valence-electron chi connectivity index (χ4n) is 1.11. The minimum Gasteiger partial charge on any atom is -0.497 e. The lowest BCUT2D eigenvalue weighted by atomic mass is 10.0. The van der Waals surface area contributed by atoms with Crippen LogP contribution in [0.5, 0.6) is 5.75 Å². The van der Waals surface area contributed by atoms with Gasteiger partial charge < -0.3 is 4.74 Å². The monoisotopic (exact) mass is 190 g/mol. The van der Waals surface area contributed by atoms with Crippen molar-refractivity contribution in [2.45, 2.75) is 13.3 Å². The Bertz CT molecular complexity index is 336. The van der Waals surface area contributed by atoms with Crippen LogP contribution in [0.1, 0.15) is 12.5 Å². The van der Waals surface area contributed by atoms with Gasteiger partial charge in [0, 0.05) is 6.42 Å². The molecule has 2 nitrogen and oxygen atoms in total. The molecule has 0 fully saturated rings. The Labute approximate surface area is 84.2 Å². The molecule has 1 aromatic carbocycles. The summed E-state index contributed by atoms with van der Waals surface area (Å²) in [6, 6.07) is 7.63. The van der Waals surface area contributed by atoms with Gasteiger partial charge in [0.1, 0.15) is 5.75 Å². The van der Waals surface area contributed by atoms with Crippen molar-refractivity contribution in [3.8, 4) is 5.75 Å². The zero-order valence-electron chi connectivity index (χ0n) is 8.54. The summed E-state index contributed by atoms with van der Waals surface area (Å²) in [5, 5.41) is 0. The van der Waals surface area contributed by atoms with Crippen molar-refractivity contribution >= 4 is 5.78 Å². The number of carbonyl (C=O) groups is 1. The molecular weight excluding hydrogens is 176 g/mol. The second-order valence-corrected chi connectivity index (χ2v) is 3.18. The predicted octanol–water partition coefficient (Wildman–Crippen LogP) is 2.38. The lowest BCUT2D eigenvalue weighted by Gasteiger charge is -2.03. The van der Waals surface area contributed by atoms with Crippen LogP contribution in [0.15, 0.2) is 36.4 Å². The summed E-state index contributed by atoms with van der Waals surface area (Å²) in [4.78, 5) is 10.9.